The molecule has 1 aromatic carbocycles. The van der Waals surface area contributed by atoms with Gasteiger partial charge >= 0.3 is 11.9 Å². The fourth-order valence-corrected chi connectivity index (χ4v) is 8.20. The van der Waals surface area contributed by atoms with E-state index in [1.807, 2.05) is 6.92 Å². The van der Waals surface area contributed by atoms with Gasteiger partial charge in [0.25, 0.3) is 0 Å². The molecule has 9 heteroatoms. The quantitative estimate of drug-likeness (QED) is 0.332. The Balaban J connectivity index is 1.80. The summed E-state index contributed by atoms with van der Waals surface area (Å²) in [6, 6.07) is 8.37. The number of aliphatic hydroxyl groups is 4. The molecule has 39 heavy (non-hydrogen) atoms. The Morgan fingerprint density at radius 3 is 2.28 bits per heavy atom. The molecule has 10 atom stereocenters. The van der Waals surface area contributed by atoms with E-state index in [0.717, 1.165) is 0 Å². The Bertz CT molecular complexity index is 1190. The Hall–Kier alpha value is -2.30. The molecule has 2 bridgehead atoms. The van der Waals surface area contributed by atoms with E-state index in [9.17, 15) is 30.0 Å². The lowest BCUT2D eigenvalue weighted by Crippen LogP contribution is -2.81. The summed E-state index contributed by atoms with van der Waals surface area (Å²) in [6.45, 7) is 10.1. The second-order valence-corrected chi connectivity index (χ2v) is 12.8. The number of hydrogen-bond acceptors (Lipinski definition) is 9. The largest absolute Gasteiger partial charge is 0.455 e. The van der Waals surface area contributed by atoms with Crippen LogP contribution in [0, 0.1) is 22.7 Å². The molecular weight excluding hydrogens is 504 g/mol. The second-order valence-electron chi connectivity index (χ2n) is 12.8. The van der Waals surface area contributed by atoms with Gasteiger partial charge in [-0.05, 0) is 42.5 Å². The maximum absolute atomic E-state index is 13.7. The standard InChI is InChI=1S/C30H40O9/c1-15-12-20-29(14-37-20,39-17(3)31)23-25(38-26(35)18-10-8-7-9-11-18)30(36)13-19(32)16(2)21(27(30,4)5)22(33)24(34)28(15,23)6/h7-11,15,19-20,22-25,32-34,36H,12-14H2,1-6H3/t15-,19-,20+,22+,23?,24-,25-,28+,29-,30+/m0/s1. The van der Waals surface area contributed by atoms with Crippen molar-refractivity contribution in [2.45, 2.75) is 96.1 Å². The summed E-state index contributed by atoms with van der Waals surface area (Å²) in [6.07, 6.45) is -5.68. The molecule has 2 saturated carbocycles. The van der Waals surface area contributed by atoms with Gasteiger partial charge in [-0.15, -0.1) is 0 Å². The number of ether oxygens (including phenoxy) is 3. The van der Waals surface area contributed by atoms with Crippen molar-refractivity contribution in [1.29, 1.82) is 0 Å². The molecule has 1 heterocycles. The minimum Gasteiger partial charge on any atom is -0.455 e. The molecule has 1 unspecified atom stereocenters. The third kappa shape index (κ3) is 3.70. The number of benzene rings is 1. The zero-order valence-electron chi connectivity index (χ0n) is 23.4. The van der Waals surface area contributed by atoms with Crippen LogP contribution in [0.4, 0.5) is 0 Å². The van der Waals surface area contributed by atoms with E-state index in [1.165, 1.54) is 6.92 Å². The Morgan fingerprint density at radius 1 is 1.08 bits per heavy atom. The molecule has 1 saturated heterocycles. The van der Waals surface area contributed by atoms with Gasteiger partial charge in [-0.2, -0.15) is 0 Å². The van der Waals surface area contributed by atoms with Gasteiger partial charge in [0.05, 0.1) is 30.3 Å². The summed E-state index contributed by atoms with van der Waals surface area (Å²) in [5.41, 5.74) is -4.65. The average Bonchev–Trinajstić information content (AvgIpc) is 2.87. The van der Waals surface area contributed by atoms with Gasteiger partial charge in [0, 0.05) is 24.2 Å². The first-order valence-corrected chi connectivity index (χ1v) is 13.7. The van der Waals surface area contributed by atoms with E-state index >= 15 is 0 Å². The maximum atomic E-state index is 13.7. The highest BCUT2D eigenvalue weighted by atomic mass is 16.6. The van der Waals surface area contributed by atoms with Crippen LogP contribution >= 0.6 is 0 Å². The van der Waals surface area contributed by atoms with Crippen LogP contribution in [0.3, 0.4) is 0 Å². The van der Waals surface area contributed by atoms with Crippen LogP contribution < -0.4 is 0 Å². The molecule has 0 amide bonds. The lowest BCUT2D eigenvalue weighted by Gasteiger charge is -2.69. The van der Waals surface area contributed by atoms with Crippen molar-refractivity contribution < 1.29 is 44.2 Å². The zero-order valence-corrected chi connectivity index (χ0v) is 23.4. The third-order valence-corrected chi connectivity index (χ3v) is 10.6. The first-order valence-electron chi connectivity index (χ1n) is 13.7. The van der Waals surface area contributed by atoms with E-state index in [4.69, 9.17) is 14.2 Å². The third-order valence-electron chi connectivity index (χ3n) is 10.6. The molecule has 4 N–H and O–H groups in total. The molecule has 3 fully saturated rings. The Morgan fingerprint density at radius 2 is 1.72 bits per heavy atom. The van der Waals surface area contributed by atoms with E-state index in [-0.39, 0.29) is 24.5 Å². The fraction of sp³-hybridized carbons (Fsp3) is 0.667. The van der Waals surface area contributed by atoms with Crippen molar-refractivity contribution in [3.63, 3.8) is 0 Å². The predicted octanol–water partition coefficient (Wildman–Crippen LogP) is 2.15. The second kappa shape index (κ2) is 9.11. The predicted molar refractivity (Wildman–Crippen MR) is 139 cm³/mol. The summed E-state index contributed by atoms with van der Waals surface area (Å²) >= 11 is 0. The summed E-state index contributed by atoms with van der Waals surface area (Å²) < 4.78 is 18.2. The highest BCUT2D eigenvalue weighted by molar-refractivity contribution is 5.89. The minimum atomic E-state index is -1.91. The Labute approximate surface area is 228 Å². The molecule has 4 aliphatic rings. The van der Waals surface area contributed by atoms with Gasteiger partial charge in [-0.1, -0.05) is 45.9 Å². The lowest BCUT2D eigenvalue weighted by atomic mass is 9.43. The van der Waals surface area contributed by atoms with Crippen LogP contribution in [0.15, 0.2) is 41.5 Å². The molecular formula is C30H40O9. The molecule has 0 spiro atoms. The van der Waals surface area contributed by atoms with Gasteiger partial charge < -0.3 is 34.6 Å². The van der Waals surface area contributed by atoms with E-state index in [0.29, 0.717) is 17.6 Å². The number of rotatable bonds is 3. The highest BCUT2D eigenvalue weighted by Crippen LogP contribution is 2.66. The molecule has 1 aliphatic heterocycles. The summed E-state index contributed by atoms with van der Waals surface area (Å²) in [4.78, 5) is 26.2. The number of hydrogen-bond donors (Lipinski definition) is 4. The molecule has 214 valence electrons. The molecule has 1 aromatic rings. The fourth-order valence-electron chi connectivity index (χ4n) is 8.20. The van der Waals surface area contributed by atoms with Crippen molar-refractivity contribution in [1.82, 2.24) is 0 Å². The maximum Gasteiger partial charge on any atom is 0.338 e. The van der Waals surface area contributed by atoms with Crippen LogP contribution in [-0.2, 0) is 19.0 Å². The summed E-state index contributed by atoms with van der Waals surface area (Å²) in [7, 11) is 0. The minimum absolute atomic E-state index is 0.0206. The van der Waals surface area contributed by atoms with E-state index in [1.54, 1.807) is 58.0 Å². The van der Waals surface area contributed by atoms with Gasteiger partial charge in [0.15, 0.2) is 5.60 Å². The van der Waals surface area contributed by atoms with Gasteiger partial charge in [0.1, 0.15) is 23.9 Å². The van der Waals surface area contributed by atoms with Gasteiger partial charge in [-0.25, -0.2) is 4.79 Å². The van der Waals surface area contributed by atoms with Crippen LogP contribution in [0.25, 0.3) is 0 Å². The average molecular weight is 545 g/mol. The first kappa shape index (κ1) is 28.2. The van der Waals surface area contributed by atoms with E-state index < -0.39 is 70.4 Å². The molecule has 0 aromatic heterocycles. The van der Waals surface area contributed by atoms with Crippen molar-refractivity contribution in [3.05, 3.63) is 47.0 Å². The topological polar surface area (TPSA) is 143 Å². The Kier molecular flexibility index (Phi) is 6.59. The smallest absolute Gasteiger partial charge is 0.338 e. The lowest BCUT2D eigenvalue weighted by molar-refractivity contribution is -0.358. The zero-order chi connectivity index (χ0) is 28.7. The number of aliphatic hydroxyl groups excluding tert-OH is 3. The first-order chi connectivity index (χ1) is 18.1. The molecule has 3 aliphatic carbocycles. The number of carbonyl (C=O) groups is 2. The van der Waals surface area contributed by atoms with Crippen molar-refractivity contribution in [3.8, 4) is 0 Å². The van der Waals surface area contributed by atoms with Gasteiger partial charge in [0.2, 0.25) is 0 Å². The van der Waals surface area contributed by atoms with Gasteiger partial charge in [-0.3, -0.25) is 4.79 Å². The highest BCUT2D eigenvalue weighted by Gasteiger charge is 2.76. The molecule has 9 nitrogen and oxygen atoms in total. The monoisotopic (exact) mass is 544 g/mol. The van der Waals surface area contributed by atoms with Crippen LogP contribution in [0.5, 0.6) is 0 Å². The van der Waals surface area contributed by atoms with Crippen molar-refractivity contribution in [2.24, 2.45) is 22.7 Å². The SMILES string of the molecule is CC(=O)O[C@@]12CO[C@@H]1C[C@H](C)[C@]1(C)C2[C@H](OC(=O)c2ccccc2)[C@]2(O)C[C@H](O)C(C)=C([C@@H](O)[C@@H]1O)C2(C)C. The summed E-state index contributed by atoms with van der Waals surface area (Å²) in [5, 5.41) is 47.7. The van der Waals surface area contributed by atoms with Crippen LogP contribution in [-0.4, -0.2) is 80.7 Å². The van der Waals surface area contributed by atoms with Crippen molar-refractivity contribution >= 4 is 11.9 Å². The van der Waals surface area contributed by atoms with Crippen LogP contribution in [0.1, 0.15) is 64.7 Å². The van der Waals surface area contributed by atoms with E-state index in [2.05, 4.69) is 0 Å². The molecule has 0 radical (unpaired) electrons. The molecule has 5 rings (SSSR count). The van der Waals surface area contributed by atoms with Crippen molar-refractivity contribution in [2.75, 3.05) is 6.61 Å². The van der Waals surface area contributed by atoms with Crippen LogP contribution in [0.2, 0.25) is 0 Å². The number of carbonyl (C=O) groups excluding carboxylic acids is 2. The number of esters is 2. The summed E-state index contributed by atoms with van der Waals surface area (Å²) in [5.74, 6) is -2.55. The normalized spacial score (nSPS) is 44.6. The number of fused-ring (bicyclic) bond motifs is 5.